The molecule has 1 saturated carbocycles. The van der Waals surface area contributed by atoms with Gasteiger partial charge in [-0.3, -0.25) is 4.79 Å². The molecule has 3 aromatic rings. The second-order valence-electron chi connectivity index (χ2n) is 10.9. The molecule has 218 valence electrons. The normalized spacial score (nSPS) is 20.8. The summed E-state index contributed by atoms with van der Waals surface area (Å²) in [6.07, 6.45) is 5.02. The van der Waals surface area contributed by atoms with Crippen molar-refractivity contribution in [2.24, 2.45) is 0 Å². The van der Waals surface area contributed by atoms with Crippen LogP contribution in [0, 0.1) is 6.92 Å². The van der Waals surface area contributed by atoms with Crippen molar-refractivity contribution in [1.29, 1.82) is 0 Å². The number of hydrogen-bond donors (Lipinski definition) is 4. The number of ether oxygens (including phenoxy) is 1. The van der Waals surface area contributed by atoms with Crippen molar-refractivity contribution in [2.75, 3.05) is 38.6 Å². The molecule has 2 aliphatic rings. The van der Waals surface area contributed by atoms with Crippen molar-refractivity contribution in [1.82, 2.24) is 25.1 Å². The van der Waals surface area contributed by atoms with E-state index in [2.05, 4.69) is 16.0 Å². The SMILES string of the molecule is COc1ccc(NCC[C@@H]2CNCCN2C(=O)c2ncn([C@H]3CCCC[C@@H]3NC(=O)O)c2-c2ccccc2)c(C)c1. The lowest BCUT2D eigenvalue weighted by Crippen LogP contribution is -2.54. The first-order valence-corrected chi connectivity index (χ1v) is 14.5. The maximum Gasteiger partial charge on any atom is 0.404 e. The number of aryl methyl sites for hydroxylation is 1. The van der Waals surface area contributed by atoms with Crippen LogP contribution in [0.5, 0.6) is 5.75 Å². The molecule has 0 radical (unpaired) electrons. The molecule has 10 nitrogen and oxygen atoms in total. The summed E-state index contributed by atoms with van der Waals surface area (Å²) in [5.74, 6) is 0.738. The molecule has 2 amide bonds. The molecule has 1 aliphatic carbocycles. The largest absolute Gasteiger partial charge is 0.497 e. The number of hydrogen-bond acceptors (Lipinski definition) is 6. The molecule has 1 aromatic heterocycles. The first-order valence-electron chi connectivity index (χ1n) is 14.5. The second-order valence-corrected chi connectivity index (χ2v) is 10.9. The van der Waals surface area contributed by atoms with Crippen molar-refractivity contribution < 1.29 is 19.4 Å². The molecule has 0 unspecified atom stereocenters. The van der Waals surface area contributed by atoms with Gasteiger partial charge in [0.05, 0.1) is 31.2 Å². The monoisotopic (exact) mass is 560 g/mol. The molecule has 10 heteroatoms. The third-order valence-electron chi connectivity index (χ3n) is 8.28. The second kappa shape index (κ2) is 13.1. The van der Waals surface area contributed by atoms with Gasteiger partial charge >= 0.3 is 6.09 Å². The third-order valence-corrected chi connectivity index (χ3v) is 8.28. The molecule has 1 saturated heterocycles. The topological polar surface area (TPSA) is 121 Å². The highest BCUT2D eigenvalue weighted by atomic mass is 16.5. The van der Waals surface area contributed by atoms with Crippen LogP contribution in [0.3, 0.4) is 0 Å². The Labute approximate surface area is 241 Å². The van der Waals surface area contributed by atoms with Gasteiger partial charge in [-0.25, -0.2) is 9.78 Å². The molecule has 2 aromatic carbocycles. The minimum atomic E-state index is -1.03. The number of aromatic nitrogens is 2. The Morgan fingerprint density at radius 1 is 1.15 bits per heavy atom. The quantitative estimate of drug-likeness (QED) is 0.303. The Morgan fingerprint density at radius 3 is 2.71 bits per heavy atom. The molecule has 5 rings (SSSR count). The van der Waals surface area contributed by atoms with Crippen LogP contribution in [-0.4, -0.2) is 76.9 Å². The van der Waals surface area contributed by atoms with E-state index >= 15 is 0 Å². The highest BCUT2D eigenvalue weighted by Gasteiger charge is 2.35. The van der Waals surface area contributed by atoms with E-state index in [9.17, 15) is 14.7 Å². The number of nitrogens with one attached hydrogen (secondary N) is 3. The number of carboxylic acid groups (broad SMARTS) is 1. The van der Waals surface area contributed by atoms with E-state index in [4.69, 9.17) is 9.72 Å². The van der Waals surface area contributed by atoms with Crippen molar-refractivity contribution in [3.05, 3.63) is 66.1 Å². The zero-order chi connectivity index (χ0) is 28.8. The van der Waals surface area contributed by atoms with Crippen LogP contribution >= 0.6 is 0 Å². The molecular formula is C31H40N6O4. The predicted octanol–water partition coefficient (Wildman–Crippen LogP) is 4.53. The summed E-state index contributed by atoms with van der Waals surface area (Å²) < 4.78 is 7.35. The Kier molecular flexibility index (Phi) is 9.08. The van der Waals surface area contributed by atoms with Crippen molar-refractivity contribution >= 4 is 17.7 Å². The number of carbonyl (C=O) groups excluding carboxylic acids is 1. The maximum atomic E-state index is 14.2. The highest BCUT2D eigenvalue weighted by molar-refractivity contribution is 5.98. The molecule has 0 spiro atoms. The van der Waals surface area contributed by atoms with Crippen LogP contribution < -0.4 is 20.7 Å². The molecule has 2 fully saturated rings. The van der Waals surface area contributed by atoms with Crippen LogP contribution in [0.25, 0.3) is 11.3 Å². The van der Waals surface area contributed by atoms with Gasteiger partial charge in [-0.05, 0) is 49.9 Å². The molecular weight excluding hydrogens is 520 g/mol. The Hall–Kier alpha value is -4.05. The van der Waals surface area contributed by atoms with E-state index in [1.807, 2.05) is 64.9 Å². The Morgan fingerprint density at radius 2 is 1.95 bits per heavy atom. The maximum absolute atomic E-state index is 14.2. The smallest absolute Gasteiger partial charge is 0.404 e. The number of anilines is 1. The first-order chi connectivity index (χ1) is 20.0. The first kappa shape index (κ1) is 28.5. The fourth-order valence-corrected chi connectivity index (χ4v) is 6.18. The van der Waals surface area contributed by atoms with Gasteiger partial charge in [-0.15, -0.1) is 0 Å². The third kappa shape index (κ3) is 6.48. The molecule has 1 aliphatic heterocycles. The summed E-state index contributed by atoms with van der Waals surface area (Å²) in [6.45, 7) is 4.80. The Bertz CT molecular complexity index is 1340. The number of imidazole rings is 1. The van der Waals surface area contributed by atoms with Crippen LogP contribution in [-0.2, 0) is 0 Å². The van der Waals surface area contributed by atoms with Gasteiger partial charge in [0.25, 0.3) is 5.91 Å². The van der Waals surface area contributed by atoms with Crippen LogP contribution in [0.15, 0.2) is 54.9 Å². The van der Waals surface area contributed by atoms with Gasteiger partial charge in [0.1, 0.15) is 5.75 Å². The van der Waals surface area contributed by atoms with E-state index in [1.165, 1.54) is 0 Å². The standard InChI is InChI=1S/C31H40N6O4/c1-21-18-24(41-2)12-13-25(21)33-15-14-23-19-32-16-17-36(23)30(38)28-29(22-8-4-3-5-9-22)37(20-34-28)27-11-7-6-10-26(27)35-31(39)40/h3-5,8-9,12-13,18,20,23,26-27,32-33,35H,6-7,10-11,14-17,19H2,1-2H3,(H,39,40)/t23-,26+,27+/m1/s1. The van der Waals surface area contributed by atoms with Crippen molar-refractivity contribution in [3.8, 4) is 17.0 Å². The minimum Gasteiger partial charge on any atom is -0.497 e. The van der Waals surface area contributed by atoms with E-state index in [0.717, 1.165) is 66.9 Å². The fraction of sp³-hybridized carbons (Fsp3) is 0.452. The fourth-order valence-electron chi connectivity index (χ4n) is 6.18. The van der Waals surface area contributed by atoms with Crippen LogP contribution in [0.2, 0.25) is 0 Å². The van der Waals surface area contributed by atoms with Gasteiger partial charge < -0.3 is 35.3 Å². The van der Waals surface area contributed by atoms with E-state index < -0.39 is 6.09 Å². The molecule has 41 heavy (non-hydrogen) atoms. The summed E-state index contributed by atoms with van der Waals surface area (Å²) in [6, 6.07) is 15.5. The number of benzene rings is 2. The Balaban J connectivity index is 1.39. The lowest BCUT2D eigenvalue weighted by Gasteiger charge is -2.36. The number of piperazine rings is 1. The van der Waals surface area contributed by atoms with E-state index in [-0.39, 0.29) is 24.0 Å². The summed E-state index contributed by atoms with van der Waals surface area (Å²) in [7, 11) is 1.66. The molecule has 0 bridgehead atoms. The lowest BCUT2D eigenvalue weighted by molar-refractivity contribution is 0.0624. The van der Waals surface area contributed by atoms with Crippen LogP contribution in [0.4, 0.5) is 10.5 Å². The lowest BCUT2D eigenvalue weighted by atomic mass is 9.89. The summed E-state index contributed by atoms with van der Waals surface area (Å²) in [5, 5.41) is 19.2. The van der Waals surface area contributed by atoms with E-state index in [1.54, 1.807) is 13.4 Å². The van der Waals surface area contributed by atoms with Gasteiger partial charge in [-0.2, -0.15) is 0 Å². The molecule has 2 heterocycles. The van der Waals surface area contributed by atoms with Gasteiger partial charge in [-0.1, -0.05) is 43.2 Å². The zero-order valence-corrected chi connectivity index (χ0v) is 23.8. The number of nitrogens with zero attached hydrogens (tertiary/aromatic N) is 3. The van der Waals surface area contributed by atoms with Crippen molar-refractivity contribution in [3.63, 3.8) is 0 Å². The minimum absolute atomic E-state index is 0.00665. The van der Waals surface area contributed by atoms with Crippen molar-refractivity contribution in [2.45, 2.75) is 57.2 Å². The molecule has 4 N–H and O–H groups in total. The average molecular weight is 561 g/mol. The number of methoxy groups -OCH3 is 1. The average Bonchev–Trinajstić information content (AvgIpc) is 3.43. The molecule has 3 atom stereocenters. The predicted molar refractivity (Wildman–Crippen MR) is 159 cm³/mol. The summed E-state index contributed by atoms with van der Waals surface area (Å²) >= 11 is 0. The van der Waals surface area contributed by atoms with Crippen LogP contribution in [0.1, 0.15) is 54.2 Å². The van der Waals surface area contributed by atoms with Gasteiger partial charge in [0.15, 0.2) is 5.69 Å². The highest BCUT2D eigenvalue weighted by Crippen LogP contribution is 2.35. The summed E-state index contributed by atoms with van der Waals surface area (Å²) in [4.78, 5) is 32.4. The zero-order valence-electron chi connectivity index (χ0n) is 23.8. The number of rotatable bonds is 9. The number of amides is 2. The summed E-state index contributed by atoms with van der Waals surface area (Å²) in [5.41, 5.74) is 4.23. The van der Waals surface area contributed by atoms with E-state index in [0.29, 0.717) is 25.3 Å². The number of carbonyl (C=O) groups is 2. The van der Waals surface area contributed by atoms with Gasteiger partial charge in [0, 0.05) is 43.5 Å². The van der Waals surface area contributed by atoms with Gasteiger partial charge in [0.2, 0.25) is 0 Å².